The average molecular weight is 153 g/mol. The number of hydrogen-bond acceptors (Lipinski definition) is 2. The lowest BCUT2D eigenvalue weighted by atomic mass is 9.94. The van der Waals surface area contributed by atoms with Gasteiger partial charge in [-0.3, -0.25) is 0 Å². The zero-order chi connectivity index (χ0) is 7.71. The van der Waals surface area contributed by atoms with Crippen LogP contribution in [0, 0.1) is 5.41 Å². The molecule has 0 N–H and O–H groups in total. The van der Waals surface area contributed by atoms with Gasteiger partial charge in [0.1, 0.15) is 0 Å². The molecule has 0 aliphatic rings. The summed E-state index contributed by atoms with van der Waals surface area (Å²) in [7, 11) is 0. The van der Waals surface area contributed by atoms with Gasteiger partial charge >= 0.3 is 6.05 Å². The molecule has 0 bridgehead atoms. The Kier molecular flexibility index (Phi) is 2.22. The van der Waals surface area contributed by atoms with Crippen molar-refractivity contribution in [2.45, 2.75) is 26.8 Å². The van der Waals surface area contributed by atoms with E-state index >= 15 is 0 Å². The minimum atomic E-state index is -3.08. The van der Waals surface area contributed by atoms with E-state index in [1.807, 2.05) is 0 Å². The first kappa shape index (κ1) is 8.88. The van der Waals surface area contributed by atoms with Crippen LogP contribution >= 0.6 is 0 Å². The van der Waals surface area contributed by atoms with E-state index in [-0.39, 0.29) is 0 Å². The van der Waals surface area contributed by atoms with Crippen molar-refractivity contribution >= 4 is 12.4 Å². The lowest BCUT2D eigenvalue weighted by molar-refractivity contribution is -0.0852. The zero-order valence-electron chi connectivity index (χ0n) is 5.61. The molecular weight excluding hydrogens is 144 g/mol. The van der Waals surface area contributed by atoms with Crippen LogP contribution in [0.5, 0.6) is 0 Å². The molecule has 0 aromatic rings. The molecule has 0 fully saturated rings. The van der Waals surface area contributed by atoms with Crippen LogP contribution in [0.4, 0.5) is 8.78 Å². The van der Waals surface area contributed by atoms with Gasteiger partial charge in [-0.2, -0.15) is 8.78 Å². The van der Waals surface area contributed by atoms with Crippen LogP contribution in [-0.4, -0.2) is 6.05 Å². The Morgan fingerprint density at radius 1 is 1.22 bits per heavy atom. The highest BCUT2D eigenvalue weighted by Crippen LogP contribution is 2.36. The molecule has 4 heteroatoms. The molecule has 9 heavy (non-hydrogen) atoms. The highest BCUT2D eigenvalue weighted by molar-refractivity contribution is 7.47. The third kappa shape index (κ3) is 1.93. The largest absolute Gasteiger partial charge is 0.357 e. The quantitative estimate of drug-likeness (QED) is 0.527. The van der Waals surface area contributed by atoms with Crippen LogP contribution < -0.4 is 0 Å². The second-order valence-electron chi connectivity index (χ2n) is 2.88. The van der Waals surface area contributed by atoms with Gasteiger partial charge in [0.2, 0.25) is 0 Å². The van der Waals surface area contributed by atoms with Crippen LogP contribution in [-0.2, 0) is 12.4 Å². The molecule has 0 atom stereocenters. The molecule has 0 heterocycles. The Balaban J connectivity index is 4.32. The maximum absolute atomic E-state index is 12.4. The van der Waals surface area contributed by atoms with Gasteiger partial charge in [0.25, 0.3) is 0 Å². The van der Waals surface area contributed by atoms with E-state index in [2.05, 4.69) is 16.8 Å². The Hall–Kier alpha value is -0.120. The first-order valence-corrected chi connectivity index (χ1v) is 2.90. The lowest BCUT2D eigenvalue weighted by Crippen LogP contribution is -2.30. The molecule has 0 aromatic carbocycles. The normalized spacial score (nSPS) is 13.4. The second-order valence-corrected chi connectivity index (χ2v) is 3.07. The minimum absolute atomic E-state index is 1.16. The van der Waals surface area contributed by atoms with E-state index < -0.39 is 11.5 Å². The number of nitrogens with zero attached hydrogens (tertiary/aromatic N) is 1. The summed E-state index contributed by atoms with van der Waals surface area (Å²) in [4.78, 5) is 0. The van der Waals surface area contributed by atoms with Crippen molar-refractivity contribution in [1.29, 1.82) is 0 Å². The van der Waals surface area contributed by atoms with Gasteiger partial charge in [-0.25, -0.2) is 0 Å². The molecule has 0 saturated carbocycles. The number of rotatable bonds is 1. The van der Waals surface area contributed by atoms with E-state index in [1.54, 1.807) is 0 Å². The van der Waals surface area contributed by atoms with Crippen LogP contribution in [0.3, 0.4) is 0 Å². The molecule has 0 radical (unpaired) electrons. The first-order chi connectivity index (χ1) is 3.81. The second kappa shape index (κ2) is 2.25. The molecular formula is C5H9F2NS. The summed E-state index contributed by atoms with van der Waals surface area (Å²) in [6, 6.07) is -3.08. The summed E-state index contributed by atoms with van der Waals surface area (Å²) >= 11 is 3.91. The van der Waals surface area contributed by atoms with E-state index in [0.29, 0.717) is 0 Å². The highest BCUT2D eigenvalue weighted by atomic mass is 32.1. The van der Waals surface area contributed by atoms with Gasteiger partial charge in [0, 0.05) is 17.8 Å². The third-order valence-corrected chi connectivity index (χ3v) is 1.25. The number of alkyl halides is 2. The summed E-state index contributed by atoms with van der Waals surface area (Å²) in [5.41, 5.74) is -1.16. The lowest BCUT2D eigenvalue weighted by Gasteiger charge is -2.24. The standard InChI is InChI=1S/C5H9F2NS/c1-4(2,3)5(6,7)8-9/h1-3H3. The third-order valence-electron chi connectivity index (χ3n) is 1.02. The summed E-state index contributed by atoms with van der Waals surface area (Å²) < 4.78 is 27.3. The van der Waals surface area contributed by atoms with Gasteiger partial charge in [0.05, 0.1) is 0 Å². The van der Waals surface area contributed by atoms with Gasteiger partial charge in [0.15, 0.2) is 0 Å². The summed E-state index contributed by atoms with van der Waals surface area (Å²) in [6.45, 7) is 4.18. The molecule has 0 aliphatic heterocycles. The molecule has 0 unspecified atom stereocenters. The van der Waals surface area contributed by atoms with Gasteiger partial charge in [-0.15, -0.1) is 4.36 Å². The summed E-state index contributed by atoms with van der Waals surface area (Å²) in [5.74, 6) is 0. The molecule has 0 spiro atoms. The topological polar surface area (TPSA) is 12.4 Å². The van der Waals surface area contributed by atoms with E-state index in [4.69, 9.17) is 0 Å². The van der Waals surface area contributed by atoms with Crippen molar-refractivity contribution in [1.82, 2.24) is 0 Å². The van der Waals surface area contributed by atoms with Crippen LogP contribution in [0.2, 0.25) is 0 Å². The van der Waals surface area contributed by atoms with Crippen LogP contribution in [0.1, 0.15) is 20.8 Å². The predicted molar refractivity (Wildman–Crippen MR) is 34.2 cm³/mol. The van der Waals surface area contributed by atoms with Crippen molar-refractivity contribution in [2.75, 3.05) is 0 Å². The molecule has 0 amide bonds. The zero-order valence-corrected chi connectivity index (χ0v) is 6.43. The summed E-state index contributed by atoms with van der Waals surface area (Å²) in [6.07, 6.45) is 0. The Morgan fingerprint density at radius 3 is 1.56 bits per heavy atom. The maximum atomic E-state index is 12.4. The summed E-state index contributed by atoms with van der Waals surface area (Å²) in [5, 5.41) is 0. The molecule has 0 aromatic heterocycles. The fourth-order valence-electron chi connectivity index (χ4n) is 0.137. The van der Waals surface area contributed by atoms with Gasteiger partial charge < -0.3 is 0 Å². The molecule has 0 saturated heterocycles. The molecule has 54 valence electrons. The number of hydrogen-bond donors (Lipinski definition) is 0. The van der Waals surface area contributed by atoms with Crippen molar-refractivity contribution in [3.8, 4) is 0 Å². The van der Waals surface area contributed by atoms with E-state index in [9.17, 15) is 8.78 Å². The maximum Gasteiger partial charge on any atom is 0.357 e. The number of halogens is 2. The Bertz CT molecular complexity index is 117. The van der Waals surface area contributed by atoms with E-state index in [0.717, 1.165) is 0 Å². The van der Waals surface area contributed by atoms with Crippen molar-refractivity contribution in [3.63, 3.8) is 0 Å². The first-order valence-electron chi connectivity index (χ1n) is 2.53. The Labute approximate surface area is 58.6 Å². The van der Waals surface area contributed by atoms with Crippen LogP contribution in [0.25, 0.3) is 0 Å². The SMILES string of the molecule is CC(C)(C)C(F)(F)N=S. The minimum Gasteiger partial charge on any atom is -0.179 e. The molecule has 0 aliphatic carbocycles. The van der Waals surface area contributed by atoms with Crippen molar-refractivity contribution < 1.29 is 8.78 Å². The van der Waals surface area contributed by atoms with Crippen LogP contribution in [0.15, 0.2) is 4.36 Å². The Morgan fingerprint density at radius 2 is 1.56 bits per heavy atom. The van der Waals surface area contributed by atoms with E-state index in [1.165, 1.54) is 20.8 Å². The van der Waals surface area contributed by atoms with Gasteiger partial charge in [-0.1, -0.05) is 20.8 Å². The monoisotopic (exact) mass is 153 g/mol. The molecule has 1 nitrogen and oxygen atoms in total. The molecule has 0 rings (SSSR count). The van der Waals surface area contributed by atoms with Crippen molar-refractivity contribution in [2.24, 2.45) is 9.78 Å². The van der Waals surface area contributed by atoms with Crippen molar-refractivity contribution in [3.05, 3.63) is 0 Å². The van der Waals surface area contributed by atoms with Gasteiger partial charge in [-0.05, 0) is 0 Å². The fraction of sp³-hybridized carbons (Fsp3) is 1.00. The smallest absolute Gasteiger partial charge is 0.179 e. The predicted octanol–water partition coefficient (Wildman–Crippen LogP) is 2.36. The fourth-order valence-corrected chi connectivity index (χ4v) is 0.411. The average Bonchev–Trinajstić information content (AvgIpc) is 1.64. The highest BCUT2D eigenvalue weighted by Gasteiger charge is 2.42.